The number of carbonyl (C=O) groups is 1. The van der Waals surface area contributed by atoms with Crippen molar-refractivity contribution in [2.45, 2.75) is 39.2 Å². The molecule has 172 valence electrons. The normalized spacial score (nSPS) is 18.2. The number of aryl methyl sites for hydroxylation is 1. The standard InChI is InChI=1S/C24H28N6O3/c1-15(2)33-19-7-5-4-6-17(19)18-14-22(31)25-24-23(18)16(3)28-30(24)21-9-8-20(26-27-21)29-10-12-32-13-11-29/h4-9,15,18H,10-14H2,1-3H3,(H,25,31)/t18-/m0/s1. The van der Waals surface area contributed by atoms with E-state index in [1.807, 2.05) is 57.2 Å². The molecule has 5 rings (SSSR count). The van der Waals surface area contributed by atoms with Gasteiger partial charge in [-0.05, 0) is 39.0 Å². The quantitative estimate of drug-likeness (QED) is 0.641. The first-order chi connectivity index (χ1) is 16.0. The van der Waals surface area contributed by atoms with Crippen molar-refractivity contribution in [2.24, 2.45) is 0 Å². The van der Waals surface area contributed by atoms with Crippen molar-refractivity contribution >= 4 is 17.5 Å². The lowest BCUT2D eigenvalue weighted by Gasteiger charge is -2.27. The smallest absolute Gasteiger partial charge is 0.226 e. The van der Waals surface area contributed by atoms with Crippen LogP contribution in [0.3, 0.4) is 0 Å². The maximum absolute atomic E-state index is 12.7. The third kappa shape index (κ3) is 4.16. The number of aromatic nitrogens is 4. The number of hydrogen-bond donors (Lipinski definition) is 1. The Morgan fingerprint density at radius 1 is 1.09 bits per heavy atom. The van der Waals surface area contributed by atoms with Gasteiger partial charge in [0.1, 0.15) is 11.6 Å². The Hall–Kier alpha value is -3.46. The molecule has 9 heteroatoms. The van der Waals surface area contributed by atoms with Gasteiger partial charge in [0.05, 0.1) is 25.0 Å². The Morgan fingerprint density at radius 3 is 2.55 bits per heavy atom. The van der Waals surface area contributed by atoms with Gasteiger partial charge >= 0.3 is 0 Å². The molecule has 1 fully saturated rings. The molecular formula is C24H28N6O3. The lowest BCUT2D eigenvalue weighted by molar-refractivity contribution is -0.116. The number of carbonyl (C=O) groups excluding carboxylic acids is 1. The van der Waals surface area contributed by atoms with Crippen LogP contribution in [0.2, 0.25) is 0 Å². The van der Waals surface area contributed by atoms with Crippen LogP contribution in [0, 0.1) is 6.92 Å². The van der Waals surface area contributed by atoms with E-state index in [1.165, 1.54) is 0 Å². The molecule has 0 spiro atoms. The highest BCUT2D eigenvalue weighted by Gasteiger charge is 2.34. The molecule has 4 heterocycles. The van der Waals surface area contributed by atoms with Crippen molar-refractivity contribution in [1.29, 1.82) is 0 Å². The summed E-state index contributed by atoms with van der Waals surface area (Å²) in [6.45, 7) is 8.91. The summed E-state index contributed by atoms with van der Waals surface area (Å²) < 4.78 is 13.1. The molecule has 2 aliphatic rings. The van der Waals surface area contributed by atoms with Crippen LogP contribution in [0.5, 0.6) is 5.75 Å². The third-order valence-electron chi connectivity index (χ3n) is 5.95. The van der Waals surface area contributed by atoms with Crippen LogP contribution >= 0.6 is 0 Å². The first kappa shape index (κ1) is 21.4. The van der Waals surface area contributed by atoms with Gasteiger partial charge < -0.3 is 19.7 Å². The van der Waals surface area contributed by atoms with Gasteiger partial charge in [-0.2, -0.15) is 9.78 Å². The first-order valence-electron chi connectivity index (χ1n) is 11.3. The average Bonchev–Trinajstić information content (AvgIpc) is 3.15. The van der Waals surface area contributed by atoms with E-state index in [-0.39, 0.29) is 17.9 Å². The van der Waals surface area contributed by atoms with Crippen LogP contribution in [0.4, 0.5) is 11.6 Å². The molecule has 1 amide bonds. The summed E-state index contributed by atoms with van der Waals surface area (Å²) in [6.07, 6.45) is 0.367. The second-order valence-electron chi connectivity index (χ2n) is 8.62. The summed E-state index contributed by atoms with van der Waals surface area (Å²) in [4.78, 5) is 14.9. The number of benzene rings is 1. The predicted octanol–water partition coefficient (Wildman–Crippen LogP) is 3.07. The second kappa shape index (κ2) is 8.82. The number of para-hydroxylation sites is 1. The molecule has 2 aromatic heterocycles. The Balaban J connectivity index is 1.52. The van der Waals surface area contributed by atoms with Gasteiger partial charge in [0.2, 0.25) is 5.91 Å². The SMILES string of the molecule is Cc1nn(-c2ccc(N3CCOCC3)nn2)c2c1[C@H](c1ccccc1OC(C)C)CC(=O)N2. The largest absolute Gasteiger partial charge is 0.491 e. The van der Waals surface area contributed by atoms with Gasteiger partial charge in [-0.1, -0.05) is 18.2 Å². The fourth-order valence-electron chi connectivity index (χ4n) is 4.50. The van der Waals surface area contributed by atoms with E-state index in [0.717, 1.165) is 41.5 Å². The highest BCUT2D eigenvalue weighted by Crippen LogP contribution is 2.43. The summed E-state index contributed by atoms with van der Waals surface area (Å²) in [5, 5.41) is 16.6. The summed E-state index contributed by atoms with van der Waals surface area (Å²) in [5.74, 6) is 2.58. The number of fused-ring (bicyclic) bond motifs is 1. The zero-order valence-electron chi connectivity index (χ0n) is 19.1. The number of hydrogen-bond acceptors (Lipinski definition) is 7. The molecule has 0 aliphatic carbocycles. The molecule has 3 aromatic rings. The number of nitrogens with one attached hydrogen (secondary N) is 1. The van der Waals surface area contributed by atoms with Gasteiger partial charge in [-0.3, -0.25) is 4.79 Å². The summed E-state index contributed by atoms with van der Waals surface area (Å²) in [7, 11) is 0. The molecule has 0 bridgehead atoms. The van der Waals surface area contributed by atoms with Crippen molar-refractivity contribution in [3.8, 4) is 11.6 Å². The zero-order chi connectivity index (χ0) is 22.9. The number of anilines is 2. The van der Waals surface area contributed by atoms with Crippen molar-refractivity contribution in [3.05, 3.63) is 53.2 Å². The fraction of sp³-hybridized carbons (Fsp3) is 0.417. The third-order valence-corrected chi connectivity index (χ3v) is 5.95. The zero-order valence-corrected chi connectivity index (χ0v) is 19.1. The molecule has 1 saturated heterocycles. The van der Waals surface area contributed by atoms with Crippen LogP contribution in [0.25, 0.3) is 5.82 Å². The van der Waals surface area contributed by atoms with Gasteiger partial charge in [-0.15, -0.1) is 10.2 Å². The fourth-order valence-corrected chi connectivity index (χ4v) is 4.50. The van der Waals surface area contributed by atoms with E-state index in [0.29, 0.717) is 31.3 Å². The minimum Gasteiger partial charge on any atom is -0.491 e. The van der Waals surface area contributed by atoms with Crippen molar-refractivity contribution in [1.82, 2.24) is 20.0 Å². The van der Waals surface area contributed by atoms with E-state index in [9.17, 15) is 4.79 Å². The maximum atomic E-state index is 12.7. The monoisotopic (exact) mass is 448 g/mol. The molecule has 33 heavy (non-hydrogen) atoms. The van der Waals surface area contributed by atoms with Gasteiger partial charge in [0, 0.05) is 36.6 Å². The number of ether oxygens (including phenoxy) is 2. The second-order valence-corrected chi connectivity index (χ2v) is 8.62. The summed E-state index contributed by atoms with van der Waals surface area (Å²) >= 11 is 0. The topological polar surface area (TPSA) is 94.4 Å². The van der Waals surface area contributed by atoms with E-state index in [1.54, 1.807) is 4.68 Å². The number of morpholine rings is 1. The van der Waals surface area contributed by atoms with E-state index < -0.39 is 0 Å². The number of amides is 1. The lowest BCUT2D eigenvalue weighted by atomic mass is 9.85. The van der Waals surface area contributed by atoms with Crippen LogP contribution < -0.4 is 15.0 Å². The Bertz CT molecular complexity index is 1150. The molecule has 0 radical (unpaired) electrons. The molecule has 1 atom stereocenters. The predicted molar refractivity (Wildman–Crippen MR) is 124 cm³/mol. The first-order valence-corrected chi connectivity index (χ1v) is 11.3. The van der Waals surface area contributed by atoms with E-state index in [4.69, 9.17) is 14.6 Å². The molecular weight excluding hydrogens is 420 g/mol. The molecule has 2 aliphatic heterocycles. The summed E-state index contributed by atoms with van der Waals surface area (Å²) in [6, 6.07) is 11.7. The van der Waals surface area contributed by atoms with Crippen LogP contribution in [0.15, 0.2) is 36.4 Å². The highest BCUT2D eigenvalue weighted by molar-refractivity contribution is 5.95. The molecule has 0 saturated carbocycles. The van der Waals surface area contributed by atoms with E-state index >= 15 is 0 Å². The van der Waals surface area contributed by atoms with E-state index in [2.05, 4.69) is 20.4 Å². The van der Waals surface area contributed by atoms with Crippen LogP contribution in [-0.2, 0) is 9.53 Å². The highest BCUT2D eigenvalue weighted by atomic mass is 16.5. The lowest BCUT2D eigenvalue weighted by Crippen LogP contribution is -2.36. The molecule has 9 nitrogen and oxygen atoms in total. The molecule has 1 aromatic carbocycles. The number of nitrogens with zero attached hydrogens (tertiary/aromatic N) is 5. The van der Waals surface area contributed by atoms with Crippen molar-refractivity contribution in [3.63, 3.8) is 0 Å². The van der Waals surface area contributed by atoms with Crippen molar-refractivity contribution in [2.75, 3.05) is 36.5 Å². The van der Waals surface area contributed by atoms with Gasteiger partial charge in [-0.25, -0.2) is 0 Å². The Labute approximate surface area is 192 Å². The Morgan fingerprint density at radius 2 is 1.82 bits per heavy atom. The Kier molecular flexibility index (Phi) is 5.72. The molecule has 0 unspecified atom stereocenters. The van der Waals surface area contributed by atoms with Crippen LogP contribution in [0.1, 0.15) is 43.0 Å². The van der Waals surface area contributed by atoms with Crippen LogP contribution in [-0.4, -0.2) is 58.3 Å². The maximum Gasteiger partial charge on any atom is 0.226 e. The molecule has 1 N–H and O–H groups in total. The number of rotatable bonds is 5. The van der Waals surface area contributed by atoms with Crippen molar-refractivity contribution < 1.29 is 14.3 Å². The summed E-state index contributed by atoms with van der Waals surface area (Å²) in [5.41, 5.74) is 2.81. The average molecular weight is 449 g/mol. The van der Waals surface area contributed by atoms with Gasteiger partial charge in [0.15, 0.2) is 11.6 Å². The van der Waals surface area contributed by atoms with Gasteiger partial charge in [0.25, 0.3) is 0 Å². The minimum atomic E-state index is -0.155. The minimum absolute atomic E-state index is 0.0344.